The molecule has 154 valence electrons. The zero-order chi connectivity index (χ0) is 20.2. The lowest BCUT2D eigenvalue weighted by atomic mass is 9.97. The first-order valence-corrected chi connectivity index (χ1v) is 9.93. The second-order valence-electron chi connectivity index (χ2n) is 7.26. The molecular formula is C19H25N7O3. The van der Waals surface area contributed by atoms with Gasteiger partial charge in [-0.05, 0) is 25.8 Å². The van der Waals surface area contributed by atoms with E-state index in [1.165, 1.54) is 6.33 Å². The van der Waals surface area contributed by atoms with Crippen molar-refractivity contribution in [3.05, 3.63) is 30.9 Å². The fraction of sp³-hybridized carbons (Fsp3) is 0.526. The molecule has 29 heavy (non-hydrogen) atoms. The summed E-state index contributed by atoms with van der Waals surface area (Å²) in [6, 6.07) is 3.81. The van der Waals surface area contributed by atoms with Crippen LogP contribution in [0, 0.1) is 5.92 Å². The van der Waals surface area contributed by atoms with Crippen molar-refractivity contribution in [1.82, 2.24) is 30.0 Å². The molecule has 2 saturated heterocycles. The lowest BCUT2D eigenvalue weighted by Crippen LogP contribution is -2.56. The number of nitrogens with zero attached hydrogens (tertiary/aromatic N) is 6. The monoisotopic (exact) mass is 399 g/mol. The third-order valence-electron chi connectivity index (χ3n) is 5.32. The maximum Gasteiger partial charge on any atom is 0.409 e. The minimum absolute atomic E-state index is 0.0544. The van der Waals surface area contributed by atoms with Crippen LogP contribution >= 0.6 is 0 Å². The fourth-order valence-corrected chi connectivity index (χ4v) is 3.61. The van der Waals surface area contributed by atoms with Crippen LogP contribution in [0.3, 0.4) is 0 Å². The van der Waals surface area contributed by atoms with E-state index in [2.05, 4.69) is 25.3 Å². The van der Waals surface area contributed by atoms with E-state index in [0.29, 0.717) is 38.6 Å². The van der Waals surface area contributed by atoms with Crippen LogP contribution in [0.1, 0.15) is 19.8 Å². The summed E-state index contributed by atoms with van der Waals surface area (Å²) in [7, 11) is 0. The first-order valence-electron chi connectivity index (χ1n) is 9.93. The van der Waals surface area contributed by atoms with Crippen LogP contribution in [0.2, 0.25) is 0 Å². The highest BCUT2D eigenvalue weighted by molar-refractivity contribution is 5.82. The Hall–Kier alpha value is -3.17. The van der Waals surface area contributed by atoms with Gasteiger partial charge in [-0.3, -0.25) is 4.79 Å². The number of hydrogen-bond donors (Lipinski definition) is 1. The standard InChI is InChI=1S/C19H25N7O3/c1-2-29-19(28)24-8-4-15(5-9-24)23-18(27)14-11-25(12-14)16-10-17(21-13-20-16)26-7-3-6-22-26/h3,6-7,10,13-15H,2,4-5,8-9,11-12H2,1H3,(H,23,27). The van der Waals surface area contributed by atoms with Crippen molar-refractivity contribution in [1.29, 1.82) is 0 Å². The Morgan fingerprint density at radius 3 is 2.66 bits per heavy atom. The van der Waals surface area contributed by atoms with E-state index in [1.54, 1.807) is 22.7 Å². The van der Waals surface area contributed by atoms with Crippen molar-refractivity contribution >= 4 is 17.8 Å². The third kappa shape index (κ3) is 4.30. The van der Waals surface area contributed by atoms with Crippen molar-refractivity contribution in [2.24, 2.45) is 5.92 Å². The number of carbonyl (C=O) groups is 2. The molecule has 2 aromatic rings. The number of ether oxygens (including phenoxy) is 1. The molecular weight excluding hydrogens is 374 g/mol. The summed E-state index contributed by atoms with van der Waals surface area (Å²) >= 11 is 0. The highest BCUT2D eigenvalue weighted by Gasteiger charge is 2.35. The van der Waals surface area contributed by atoms with Gasteiger partial charge in [0.05, 0.1) is 12.5 Å². The Morgan fingerprint density at radius 2 is 1.97 bits per heavy atom. The number of anilines is 1. The summed E-state index contributed by atoms with van der Waals surface area (Å²) < 4.78 is 6.70. The summed E-state index contributed by atoms with van der Waals surface area (Å²) in [5.41, 5.74) is 0. The fourth-order valence-electron chi connectivity index (χ4n) is 3.61. The Kier molecular flexibility index (Phi) is 5.59. The topological polar surface area (TPSA) is 105 Å². The van der Waals surface area contributed by atoms with Crippen molar-refractivity contribution in [3.63, 3.8) is 0 Å². The van der Waals surface area contributed by atoms with E-state index in [0.717, 1.165) is 18.7 Å². The van der Waals surface area contributed by atoms with Crippen LogP contribution in [-0.2, 0) is 9.53 Å². The molecule has 0 aromatic carbocycles. The molecule has 2 aliphatic rings. The molecule has 0 radical (unpaired) electrons. The van der Waals surface area contributed by atoms with Crippen LogP contribution in [0.25, 0.3) is 5.82 Å². The Balaban J connectivity index is 1.24. The predicted molar refractivity (Wildman–Crippen MR) is 105 cm³/mol. The second-order valence-corrected chi connectivity index (χ2v) is 7.26. The van der Waals surface area contributed by atoms with E-state index >= 15 is 0 Å². The number of rotatable bonds is 5. The molecule has 0 unspecified atom stereocenters. The summed E-state index contributed by atoms with van der Waals surface area (Å²) in [5, 5.41) is 7.30. The molecule has 2 amide bonds. The van der Waals surface area contributed by atoms with Crippen LogP contribution in [0.15, 0.2) is 30.9 Å². The molecule has 0 spiro atoms. The summed E-state index contributed by atoms with van der Waals surface area (Å²) in [4.78, 5) is 36.6. The summed E-state index contributed by atoms with van der Waals surface area (Å²) in [6.07, 6.45) is 6.26. The maximum atomic E-state index is 12.6. The van der Waals surface area contributed by atoms with Crippen LogP contribution in [-0.4, -0.2) is 75.5 Å². The lowest BCUT2D eigenvalue weighted by Gasteiger charge is -2.40. The van der Waals surface area contributed by atoms with Gasteiger partial charge in [-0.25, -0.2) is 19.4 Å². The van der Waals surface area contributed by atoms with Gasteiger partial charge < -0.3 is 19.9 Å². The molecule has 0 aliphatic carbocycles. The SMILES string of the molecule is CCOC(=O)N1CCC(NC(=O)C2CN(c3cc(-n4cccn4)ncn3)C2)CC1. The molecule has 4 heterocycles. The number of nitrogens with one attached hydrogen (secondary N) is 1. The molecule has 0 atom stereocenters. The number of hydrogen-bond acceptors (Lipinski definition) is 7. The Labute approximate surface area is 168 Å². The largest absolute Gasteiger partial charge is 0.450 e. The van der Waals surface area contributed by atoms with Crippen molar-refractivity contribution in [2.45, 2.75) is 25.8 Å². The Bertz CT molecular complexity index is 843. The maximum absolute atomic E-state index is 12.6. The molecule has 1 N–H and O–H groups in total. The van der Waals surface area contributed by atoms with Crippen molar-refractivity contribution in [2.75, 3.05) is 37.7 Å². The van der Waals surface area contributed by atoms with Crippen molar-refractivity contribution in [3.8, 4) is 5.82 Å². The van der Waals surface area contributed by atoms with Crippen molar-refractivity contribution < 1.29 is 14.3 Å². The van der Waals surface area contributed by atoms with Gasteiger partial charge in [0.2, 0.25) is 5.91 Å². The number of piperidine rings is 1. The van der Waals surface area contributed by atoms with Crippen LogP contribution in [0.5, 0.6) is 0 Å². The normalized spacial score (nSPS) is 17.7. The van der Waals surface area contributed by atoms with Gasteiger partial charge in [-0.1, -0.05) is 0 Å². The van der Waals surface area contributed by atoms with E-state index in [4.69, 9.17) is 4.74 Å². The molecule has 0 bridgehead atoms. The minimum atomic E-state index is -0.272. The number of aromatic nitrogens is 4. The molecule has 4 rings (SSSR count). The zero-order valence-corrected chi connectivity index (χ0v) is 16.4. The lowest BCUT2D eigenvalue weighted by molar-refractivity contribution is -0.126. The molecule has 2 aromatic heterocycles. The summed E-state index contributed by atoms with van der Waals surface area (Å²) in [6.45, 7) is 4.65. The molecule has 2 fully saturated rings. The molecule has 10 nitrogen and oxygen atoms in total. The van der Waals surface area contributed by atoms with Crippen LogP contribution in [0.4, 0.5) is 10.6 Å². The van der Waals surface area contributed by atoms with E-state index in [9.17, 15) is 9.59 Å². The van der Waals surface area contributed by atoms with E-state index < -0.39 is 0 Å². The Morgan fingerprint density at radius 1 is 1.21 bits per heavy atom. The number of amides is 2. The average Bonchev–Trinajstić information content (AvgIpc) is 3.23. The van der Waals surface area contributed by atoms with Gasteiger partial charge in [0, 0.05) is 50.7 Å². The second kappa shape index (κ2) is 8.46. The predicted octanol–water partition coefficient (Wildman–Crippen LogP) is 0.836. The first-order chi connectivity index (χ1) is 14.1. The van der Waals surface area contributed by atoms with Gasteiger partial charge in [0.15, 0.2) is 5.82 Å². The van der Waals surface area contributed by atoms with Gasteiger partial charge in [0.25, 0.3) is 0 Å². The van der Waals surface area contributed by atoms with E-state index in [1.807, 2.05) is 18.3 Å². The molecule has 2 aliphatic heterocycles. The smallest absolute Gasteiger partial charge is 0.409 e. The van der Waals surface area contributed by atoms with Gasteiger partial charge in [-0.15, -0.1) is 0 Å². The highest BCUT2D eigenvalue weighted by atomic mass is 16.6. The van der Waals surface area contributed by atoms with E-state index in [-0.39, 0.29) is 24.0 Å². The van der Waals surface area contributed by atoms with Gasteiger partial charge >= 0.3 is 6.09 Å². The molecule has 10 heteroatoms. The van der Waals surface area contributed by atoms with Gasteiger partial charge in [-0.2, -0.15) is 5.10 Å². The van der Waals surface area contributed by atoms with Crippen LogP contribution < -0.4 is 10.2 Å². The number of carbonyl (C=O) groups excluding carboxylic acids is 2. The first kappa shape index (κ1) is 19.2. The average molecular weight is 399 g/mol. The third-order valence-corrected chi connectivity index (χ3v) is 5.32. The summed E-state index contributed by atoms with van der Waals surface area (Å²) in [5.74, 6) is 1.50. The zero-order valence-electron chi connectivity index (χ0n) is 16.4. The quantitative estimate of drug-likeness (QED) is 0.794. The number of likely N-dealkylation sites (tertiary alicyclic amines) is 1. The highest BCUT2D eigenvalue weighted by Crippen LogP contribution is 2.24. The molecule has 0 saturated carbocycles. The minimum Gasteiger partial charge on any atom is -0.450 e. The van der Waals surface area contributed by atoms with Gasteiger partial charge in [0.1, 0.15) is 12.1 Å².